The number of aromatic nitrogens is 2. The summed E-state index contributed by atoms with van der Waals surface area (Å²) in [7, 11) is 0. The van der Waals surface area contributed by atoms with E-state index >= 15 is 0 Å². The van der Waals surface area contributed by atoms with Gasteiger partial charge in [0.15, 0.2) is 11.6 Å². The Kier molecular flexibility index (Phi) is 3.88. The normalized spacial score (nSPS) is 11.2. The third kappa shape index (κ3) is 2.67. The number of nitrogens with zero attached hydrogens (tertiary/aromatic N) is 1. The Morgan fingerprint density at radius 1 is 1.33 bits per heavy atom. The second kappa shape index (κ2) is 5.75. The highest BCUT2D eigenvalue weighted by molar-refractivity contribution is 7.20. The summed E-state index contributed by atoms with van der Waals surface area (Å²) in [6.07, 6.45) is -0.342. The number of rotatable bonds is 3. The van der Waals surface area contributed by atoms with Gasteiger partial charge in [0.2, 0.25) is 0 Å². The summed E-state index contributed by atoms with van der Waals surface area (Å²) in [6, 6.07) is 1.23. The van der Waals surface area contributed by atoms with Crippen LogP contribution >= 0.6 is 11.3 Å². The maximum Gasteiger partial charge on any atom is 0.346 e. The van der Waals surface area contributed by atoms with Crippen molar-refractivity contribution in [1.29, 1.82) is 0 Å². The maximum atomic E-state index is 13.7. The molecule has 0 saturated heterocycles. The van der Waals surface area contributed by atoms with E-state index in [1.165, 1.54) is 6.92 Å². The van der Waals surface area contributed by atoms with Crippen LogP contribution in [0.25, 0.3) is 10.2 Å². The molecular weight excluding hydrogens is 345 g/mol. The molecule has 124 valence electrons. The van der Waals surface area contributed by atoms with Crippen molar-refractivity contribution in [2.75, 3.05) is 0 Å². The molecule has 0 radical (unpaired) electrons. The van der Waals surface area contributed by atoms with Crippen LogP contribution in [0.5, 0.6) is 0 Å². The number of benzene rings is 1. The fraction of sp³-hybridized carbons (Fsp3) is 0.133. The van der Waals surface area contributed by atoms with Gasteiger partial charge in [-0.05, 0) is 18.6 Å². The summed E-state index contributed by atoms with van der Waals surface area (Å²) >= 11 is 0.809. The molecule has 0 spiro atoms. The molecule has 0 bridgehead atoms. The molecule has 1 aromatic carbocycles. The molecule has 0 aliphatic rings. The first kappa shape index (κ1) is 16.2. The molecule has 0 aliphatic carbocycles. The Bertz CT molecular complexity index is 1040. The number of H-pyrrole nitrogens is 1. The smallest absolute Gasteiger partial charge is 0.346 e. The minimum atomic E-state index is -1.34. The number of aryl methyl sites for hydroxylation is 1. The average molecular weight is 354 g/mol. The van der Waals surface area contributed by atoms with E-state index in [1.807, 2.05) is 0 Å². The second-order valence-corrected chi connectivity index (χ2v) is 6.09. The van der Waals surface area contributed by atoms with Gasteiger partial charge in [-0.2, -0.15) is 0 Å². The molecule has 0 atom stereocenters. The number of aromatic amines is 1. The van der Waals surface area contributed by atoms with Gasteiger partial charge >= 0.3 is 5.97 Å². The Labute approximate surface area is 136 Å². The van der Waals surface area contributed by atoms with E-state index in [0.717, 1.165) is 17.4 Å². The van der Waals surface area contributed by atoms with Crippen molar-refractivity contribution < 1.29 is 23.1 Å². The highest BCUT2D eigenvalue weighted by Gasteiger charge is 2.19. The van der Waals surface area contributed by atoms with Gasteiger partial charge in [0.1, 0.15) is 21.3 Å². The topological polar surface area (TPSA) is 83.0 Å². The van der Waals surface area contributed by atoms with Gasteiger partial charge in [-0.3, -0.25) is 4.79 Å². The van der Waals surface area contributed by atoms with Crippen LogP contribution in [0.3, 0.4) is 0 Å². The van der Waals surface area contributed by atoms with Gasteiger partial charge in [0.25, 0.3) is 5.56 Å². The number of nitrogens with one attached hydrogen (secondary N) is 1. The van der Waals surface area contributed by atoms with E-state index in [4.69, 9.17) is 5.11 Å². The SMILES string of the molecule is Cc1c(C(=O)O)sc2nc(Cc3cc(F)cc(F)c3F)[nH]c(=O)c12. The first-order valence-corrected chi connectivity index (χ1v) is 7.48. The molecule has 0 saturated carbocycles. The monoisotopic (exact) mass is 354 g/mol. The van der Waals surface area contributed by atoms with Gasteiger partial charge in [0.05, 0.1) is 5.39 Å². The molecule has 9 heteroatoms. The molecule has 2 aromatic heterocycles. The number of carbonyl (C=O) groups is 1. The van der Waals surface area contributed by atoms with E-state index in [-0.39, 0.29) is 38.5 Å². The summed E-state index contributed by atoms with van der Waals surface area (Å²) in [5, 5.41) is 9.23. The summed E-state index contributed by atoms with van der Waals surface area (Å²) in [6.45, 7) is 1.49. The van der Waals surface area contributed by atoms with Crippen LogP contribution in [-0.2, 0) is 6.42 Å². The van der Waals surface area contributed by atoms with Crippen LogP contribution in [0, 0.1) is 24.4 Å². The second-order valence-electron chi connectivity index (χ2n) is 5.09. The Balaban J connectivity index is 2.12. The van der Waals surface area contributed by atoms with Crippen LogP contribution < -0.4 is 5.56 Å². The number of thiophene rings is 1. The van der Waals surface area contributed by atoms with Crippen LogP contribution in [0.4, 0.5) is 13.2 Å². The number of carboxylic acids is 1. The highest BCUT2D eigenvalue weighted by atomic mass is 32.1. The van der Waals surface area contributed by atoms with E-state index in [0.29, 0.717) is 6.07 Å². The number of carboxylic acid groups (broad SMARTS) is 1. The maximum absolute atomic E-state index is 13.7. The molecular formula is C15H9F3N2O3S. The largest absolute Gasteiger partial charge is 0.477 e. The summed E-state index contributed by atoms with van der Waals surface area (Å²) in [5.41, 5.74) is -0.610. The van der Waals surface area contributed by atoms with Gasteiger partial charge in [-0.25, -0.2) is 22.9 Å². The Morgan fingerprint density at radius 2 is 2.04 bits per heavy atom. The molecule has 0 unspecified atom stereocenters. The fourth-order valence-electron chi connectivity index (χ4n) is 2.39. The number of hydrogen-bond acceptors (Lipinski definition) is 4. The van der Waals surface area contributed by atoms with Crippen LogP contribution in [0.15, 0.2) is 16.9 Å². The number of hydrogen-bond donors (Lipinski definition) is 2. The van der Waals surface area contributed by atoms with Crippen molar-refractivity contribution in [1.82, 2.24) is 9.97 Å². The number of fused-ring (bicyclic) bond motifs is 1. The molecule has 5 nitrogen and oxygen atoms in total. The third-order valence-electron chi connectivity index (χ3n) is 3.47. The first-order valence-electron chi connectivity index (χ1n) is 6.67. The highest BCUT2D eigenvalue weighted by Crippen LogP contribution is 2.27. The lowest BCUT2D eigenvalue weighted by atomic mass is 10.1. The van der Waals surface area contributed by atoms with Gasteiger partial charge in [-0.15, -0.1) is 11.3 Å². The molecule has 0 fully saturated rings. The summed E-state index contributed by atoms with van der Waals surface area (Å²) < 4.78 is 40.2. The van der Waals surface area contributed by atoms with Crippen molar-refractivity contribution >= 4 is 27.5 Å². The predicted molar refractivity (Wildman–Crippen MR) is 81.1 cm³/mol. The van der Waals surface area contributed by atoms with Crippen molar-refractivity contribution in [2.45, 2.75) is 13.3 Å². The molecule has 24 heavy (non-hydrogen) atoms. The molecule has 3 rings (SSSR count). The number of aromatic carboxylic acids is 1. The minimum Gasteiger partial charge on any atom is -0.477 e. The zero-order valence-corrected chi connectivity index (χ0v) is 12.9. The third-order valence-corrected chi connectivity index (χ3v) is 4.64. The minimum absolute atomic E-state index is 0.0189. The molecule has 2 N–H and O–H groups in total. The summed E-state index contributed by atoms with van der Waals surface area (Å²) in [5.74, 6) is -4.72. The van der Waals surface area contributed by atoms with Crippen LogP contribution in [0.2, 0.25) is 0 Å². The zero-order valence-electron chi connectivity index (χ0n) is 12.1. The van der Waals surface area contributed by atoms with Crippen molar-refractivity contribution in [3.8, 4) is 0 Å². The van der Waals surface area contributed by atoms with E-state index in [2.05, 4.69) is 9.97 Å². The first-order chi connectivity index (χ1) is 11.3. The van der Waals surface area contributed by atoms with Gasteiger partial charge < -0.3 is 10.1 Å². The van der Waals surface area contributed by atoms with Crippen LogP contribution in [0.1, 0.15) is 26.6 Å². The number of halogens is 3. The Hall–Kier alpha value is -2.68. The van der Waals surface area contributed by atoms with Gasteiger partial charge in [0, 0.05) is 18.1 Å². The molecule has 3 aromatic rings. The fourth-order valence-corrected chi connectivity index (χ4v) is 3.43. The van der Waals surface area contributed by atoms with E-state index in [1.54, 1.807) is 0 Å². The van der Waals surface area contributed by atoms with E-state index < -0.39 is 29.0 Å². The molecule has 0 amide bonds. The summed E-state index contributed by atoms with van der Waals surface area (Å²) in [4.78, 5) is 29.9. The lowest BCUT2D eigenvalue weighted by Crippen LogP contribution is -2.12. The zero-order chi connectivity index (χ0) is 17.6. The van der Waals surface area contributed by atoms with Gasteiger partial charge in [-0.1, -0.05) is 0 Å². The predicted octanol–water partition coefficient (Wildman–Crippen LogP) is 3.00. The standard InChI is InChI=1S/C15H9F3N2O3S/c1-5-10-13(21)19-9(20-14(10)24-12(5)15(22)23)3-6-2-7(16)4-8(17)11(6)18/h2,4H,3H2,1H3,(H,22,23)(H,19,20,21). The van der Waals surface area contributed by atoms with E-state index in [9.17, 15) is 22.8 Å². The Morgan fingerprint density at radius 3 is 2.71 bits per heavy atom. The van der Waals surface area contributed by atoms with Crippen molar-refractivity contribution in [3.05, 3.63) is 61.8 Å². The lowest BCUT2D eigenvalue weighted by molar-refractivity contribution is 0.0701. The quantitative estimate of drug-likeness (QED) is 0.709. The van der Waals surface area contributed by atoms with Crippen LogP contribution in [-0.4, -0.2) is 21.0 Å². The van der Waals surface area contributed by atoms with Crippen molar-refractivity contribution in [3.63, 3.8) is 0 Å². The van der Waals surface area contributed by atoms with Crippen molar-refractivity contribution in [2.24, 2.45) is 0 Å². The molecule has 2 heterocycles. The average Bonchev–Trinajstić information content (AvgIpc) is 2.82. The molecule has 0 aliphatic heterocycles. The lowest BCUT2D eigenvalue weighted by Gasteiger charge is -2.04.